The van der Waals surface area contributed by atoms with Gasteiger partial charge < -0.3 is 14.4 Å². The summed E-state index contributed by atoms with van der Waals surface area (Å²) < 4.78 is 41.7. The van der Waals surface area contributed by atoms with Crippen LogP contribution in [0.4, 0.5) is 14.5 Å². The van der Waals surface area contributed by atoms with Crippen molar-refractivity contribution in [1.82, 2.24) is 0 Å². The second-order valence-electron chi connectivity index (χ2n) is 8.41. The molecule has 1 aromatic rings. The minimum atomic E-state index is -0.498. The van der Waals surface area contributed by atoms with E-state index < -0.39 is 11.6 Å². The van der Waals surface area contributed by atoms with Crippen LogP contribution in [0.2, 0.25) is 0 Å². The third kappa shape index (κ3) is 6.59. The first-order valence-electron chi connectivity index (χ1n) is 11.8. The largest absolute Gasteiger partial charge is 0.371 e. The second kappa shape index (κ2) is 12.3. The maximum absolute atomic E-state index is 14.8. The number of halogens is 2. The number of hydrogen-bond donors (Lipinski definition) is 0. The summed E-state index contributed by atoms with van der Waals surface area (Å²) in [4.78, 5) is 6.16. The molecule has 2 aliphatic rings. The first-order valence-corrected chi connectivity index (χ1v) is 11.8. The van der Waals surface area contributed by atoms with Crippen LogP contribution in [0, 0.1) is 17.6 Å². The maximum atomic E-state index is 14.8. The number of unbranched alkanes of at least 4 members (excludes halogenated alkanes) is 2. The average Bonchev–Trinajstić information content (AvgIpc) is 2.79. The predicted octanol–water partition coefficient (Wildman–Crippen LogP) is 6.00. The fourth-order valence-electron chi connectivity index (χ4n) is 4.17. The van der Waals surface area contributed by atoms with Gasteiger partial charge in [0.25, 0.3) is 0 Å². The summed E-state index contributed by atoms with van der Waals surface area (Å²) in [6.07, 6.45) is 9.81. The maximum Gasteiger partial charge on any atom is 0.160 e. The van der Waals surface area contributed by atoms with E-state index in [0.717, 1.165) is 51.6 Å². The Labute approximate surface area is 185 Å². The van der Waals surface area contributed by atoms with Crippen LogP contribution < -0.4 is 4.90 Å². The normalized spacial score (nSPS) is 17.5. The molecule has 0 radical (unpaired) electrons. The lowest BCUT2D eigenvalue weighted by Crippen LogP contribution is -2.40. The van der Waals surface area contributed by atoms with E-state index >= 15 is 0 Å². The molecule has 31 heavy (non-hydrogen) atoms. The van der Waals surface area contributed by atoms with Crippen molar-refractivity contribution < 1.29 is 18.3 Å². The molecule has 1 saturated heterocycles. The van der Waals surface area contributed by atoms with Gasteiger partial charge in [0.2, 0.25) is 0 Å². The predicted molar refractivity (Wildman–Crippen MR) is 123 cm³/mol. The summed E-state index contributed by atoms with van der Waals surface area (Å²) in [6, 6.07) is 2.94. The van der Waals surface area contributed by atoms with Crippen molar-refractivity contribution in [3.63, 3.8) is 0 Å². The van der Waals surface area contributed by atoms with Crippen LogP contribution in [0.1, 0.15) is 64.4 Å². The molecule has 0 atom stereocenters. The molecule has 1 fully saturated rings. The number of rotatable bonds is 11. The van der Waals surface area contributed by atoms with Crippen LogP contribution in [0.15, 0.2) is 23.2 Å². The van der Waals surface area contributed by atoms with Gasteiger partial charge in [-0.25, -0.2) is 8.78 Å². The van der Waals surface area contributed by atoms with Gasteiger partial charge in [0.15, 0.2) is 6.29 Å². The molecule has 6 heteroatoms. The molecular formula is C25H36F2N2O2. The van der Waals surface area contributed by atoms with Gasteiger partial charge in [-0.2, -0.15) is 0 Å². The molecule has 3 rings (SSSR count). The van der Waals surface area contributed by atoms with Gasteiger partial charge in [0.05, 0.1) is 6.54 Å². The first kappa shape index (κ1) is 23.9. The second-order valence-corrected chi connectivity index (χ2v) is 8.41. The third-order valence-electron chi connectivity index (χ3n) is 6.08. The van der Waals surface area contributed by atoms with Gasteiger partial charge in [-0.1, -0.05) is 32.8 Å². The highest BCUT2D eigenvalue weighted by atomic mass is 19.1. The Hall–Kier alpha value is -1.79. The molecule has 2 heterocycles. The summed E-state index contributed by atoms with van der Waals surface area (Å²) >= 11 is 0. The van der Waals surface area contributed by atoms with Gasteiger partial charge >= 0.3 is 0 Å². The molecule has 0 aliphatic carbocycles. The molecule has 172 valence electrons. The zero-order valence-electron chi connectivity index (χ0n) is 18.9. The van der Waals surface area contributed by atoms with Crippen LogP contribution >= 0.6 is 0 Å². The van der Waals surface area contributed by atoms with Crippen molar-refractivity contribution in [2.75, 3.05) is 37.7 Å². The highest BCUT2D eigenvalue weighted by Crippen LogP contribution is 2.32. The van der Waals surface area contributed by atoms with Crippen LogP contribution in [0.3, 0.4) is 0 Å². The number of benzene rings is 1. The van der Waals surface area contributed by atoms with Crippen LogP contribution in [-0.4, -0.2) is 45.4 Å². The van der Waals surface area contributed by atoms with Crippen LogP contribution in [-0.2, 0) is 9.47 Å². The van der Waals surface area contributed by atoms with Crippen molar-refractivity contribution in [3.05, 3.63) is 35.4 Å². The minimum Gasteiger partial charge on any atom is -0.371 e. The Morgan fingerprint density at radius 1 is 1.03 bits per heavy atom. The van der Waals surface area contributed by atoms with Crippen molar-refractivity contribution in [2.24, 2.45) is 10.9 Å². The molecule has 0 saturated carbocycles. The molecule has 0 N–H and O–H groups in total. The molecule has 0 amide bonds. The minimum absolute atomic E-state index is 0.0819. The molecule has 0 spiro atoms. The Balaban J connectivity index is 1.61. The van der Waals surface area contributed by atoms with Gasteiger partial charge in [-0.15, -0.1) is 0 Å². The smallest absolute Gasteiger partial charge is 0.160 e. The van der Waals surface area contributed by atoms with Gasteiger partial charge in [-0.3, -0.25) is 4.99 Å². The molecule has 1 aromatic carbocycles. The van der Waals surface area contributed by atoms with Crippen LogP contribution in [0.25, 0.3) is 5.57 Å². The van der Waals surface area contributed by atoms with E-state index in [1.165, 1.54) is 12.1 Å². The van der Waals surface area contributed by atoms with Gasteiger partial charge in [0.1, 0.15) is 11.6 Å². The lowest BCUT2D eigenvalue weighted by atomic mass is 9.95. The Kier molecular flexibility index (Phi) is 9.47. The van der Waals surface area contributed by atoms with E-state index in [-0.39, 0.29) is 11.9 Å². The molecule has 2 aliphatic heterocycles. The topological polar surface area (TPSA) is 34.1 Å². The first-order chi connectivity index (χ1) is 15.1. The standard InChI is InChI=1S/C25H36F2N2O2/c1-3-5-15-30-25(31-16-6-4-2)20-9-13-29(14-10-20)21-17-22(26)24(23(27)18-21)19-7-11-28-12-8-19/h7,12,17-18,20,25H,3-6,8-11,13-16H2,1-2H3. The lowest BCUT2D eigenvalue weighted by Gasteiger charge is -2.37. The molecule has 0 aromatic heterocycles. The Morgan fingerprint density at radius 2 is 1.65 bits per heavy atom. The highest BCUT2D eigenvalue weighted by Gasteiger charge is 2.29. The third-order valence-corrected chi connectivity index (χ3v) is 6.08. The monoisotopic (exact) mass is 434 g/mol. The lowest BCUT2D eigenvalue weighted by molar-refractivity contribution is -0.177. The van der Waals surface area contributed by atoms with E-state index in [2.05, 4.69) is 23.7 Å². The van der Waals surface area contributed by atoms with Gasteiger partial charge in [-0.05, 0) is 43.4 Å². The summed E-state index contributed by atoms with van der Waals surface area (Å²) in [7, 11) is 0. The highest BCUT2D eigenvalue weighted by molar-refractivity contribution is 5.82. The SMILES string of the molecule is CCCCOC(OCCCC)C1CCN(c2cc(F)c(C3=CCN=CC3)c(F)c2)CC1. The van der Waals surface area contributed by atoms with E-state index in [1.807, 2.05) is 0 Å². The van der Waals surface area contributed by atoms with Crippen molar-refractivity contribution >= 4 is 17.5 Å². The van der Waals surface area contributed by atoms with E-state index in [0.29, 0.717) is 43.4 Å². The summed E-state index contributed by atoms with van der Waals surface area (Å²) in [6.45, 7) is 7.68. The fourth-order valence-corrected chi connectivity index (χ4v) is 4.17. The van der Waals surface area contributed by atoms with Crippen molar-refractivity contribution in [2.45, 2.75) is 65.1 Å². The number of nitrogens with zero attached hydrogens (tertiary/aromatic N) is 2. The quantitative estimate of drug-likeness (QED) is 0.316. The van der Waals surface area contributed by atoms with Crippen molar-refractivity contribution in [3.8, 4) is 0 Å². The van der Waals surface area contributed by atoms with E-state index in [4.69, 9.17) is 9.47 Å². The number of piperidine rings is 1. The fraction of sp³-hybridized carbons (Fsp3) is 0.640. The van der Waals surface area contributed by atoms with Crippen molar-refractivity contribution in [1.29, 1.82) is 0 Å². The number of ether oxygens (including phenoxy) is 2. The Bertz CT molecular complexity index is 725. The molecular weight excluding hydrogens is 398 g/mol. The number of dihydropyridines is 1. The molecule has 0 bridgehead atoms. The molecule has 4 nitrogen and oxygen atoms in total. The number of aliphatic imine (C=N–C) groups is 1. The zero-order valence-corrected chi connectivity index (χ0v) is 18.9. The van der Waals surface area contributed by atoms with E-state index in [1.54, 1.807) is 12.3 Å². The van der Waals surface area contributed by atoms with Gasteiger partial charge in [0, 0.05) is 56.1 Å². The number of allylic oxidation sites excluding steroid dienone is 1. The summed E-state index contributed by atoms with van der Waals surface area (Å²) in [5.41, 5.74) is 1.36. The number of anilines is 1. The summed E-state index contributed by atoms with van der Waals surface area (Å²) in [5, 5.41) is 0. The van der Waals surface area contributed by atoms with Crippen LogP contribution in [0.5, 0.6) is 0 Å². The van der Waals surface area contributed by atoms with E-state index in [9.17, 15) is 8.78 Å². The zero-order chi connectivity index (χ0) is 22.1. The Morgan fingerprint density at radius 3 is 2.16 bits per heavy atom. The number of hydrogen-bond acceptors (Lipinski definition) is 4. The molecule has 0 unspecified atom stereocenters. The average molecular weight is 435 g/mol. The summed E-state index contributed by atoms with van der Waals surface area (Å²) in [5.74, 6) is -0.685.